The normalized spacial score (nSPS) is 41.8. The Kier molecular flexibility index (Phi) is 1.99. The molecular formula is C20H19Br. The quantitative estimate of drug-likeness (QED) is 0.571. The molecule has 1 spiro atoms. The van der Waals surface area contributed by atoms with E-state index in [9.17, 15) is 0 Å². The Morgan fingerprint density at radius 3 is 2.57 bits per heavy atom. The summed E-state index contributed by atoms with van der Waals surface area (Å²) < 4.78 is 1.28. The molecule has 3 atom stereocenters. The molecule has 21 heavy (non-hydrogen) atoms. The fourth-order valence-electron chi connectivity index (χ4n) is 7.05. The summed E-state index contributed by atoms with van der Waals surface area (Å²) in [6.45, 7) is 0. The molecule has 106 valence electrons. The van der Waals surface area contributed by atoms with Gasteiger partial charge in [0.05, 0.1) is 0 Å². The molecule has 3 unspecified atom stereocenters. The number of benzene rings is 2. The van der Waals surface area contributed by atoms with E-state index in [1.807, 2.05) is 0 Å². The van der Waals surface area contributed by atoms with Crippen molar-refractivity contribution in [1.29, 1.82) is 0 Å². The Morgan fingerprint density at radius 1 is 0.952 bits per heavy atom. The van der Waals surface area contributed by atoms with Gasteiger partial charge in [-0.2, -0.15) is 0 Å². The van der Waals surface area contributed by atoms with Crippen LogP contribution < -0.4 is 0 Å². The standard InChI is InChI=1S/C20H19Br/c21-17-5-4-16-18-14(17)2-1-3-15(18)19-13-7-11-6-12(8-13)10-20(16,19)9-11/h1-5,11-13,19H,6-10H2. The van der Waals surface area contributed by atoms with E-state index in [-0.39, 0.29) is 0 Å². The van der Waals surface area contributed by atoms with Gasteiger partial charge < -0.3 is 0 Å². The first-order valence-electron chi connectivity index (χ1n) is 8.48. The number of rotatable bonds is 0. The molecule has 5 aliphatic rings. The molecule has 0 amide bonds. The SMILES string of the molecule is Brc1ccc2c3c(cccc13)C1C3CC4CC(C3)CC21C4. The Morgan fingerprint density at radius 2 is 1.76 bits per heavy atom. The van der Waals surface area contributed by atoms with Crippen LogP contribution in [0.2, 0.25) is 0 Å². The molecule has 0 N–H and O–H groups in total. The van der Waals surface area contributed by atoms with Gasteiger partial charge in [0.15, 0.2) is 0 Å². The minimum Gasteiger partial charge on any atom is -0.0613 e. The van der Waals surface area contributed by atoms with Crippen molar-refractivity contribution in [1.82, 2.24) is 0 Å². The van der Waals surface area contributed by atoms with E-state index < -0.39 is 0 Å². The second-order valence-electron chi connectivity index (χ2n) is 8.11. The lowest BCUT2D eigenvalue weighted by Crippen LogP contribution is -2.52. The summed E-state index contributed by atoms with van der Waals surface area (Å²) in [5.41, 5.74) is 3.91. The zero-order valence-corrected chi connectivity index (χ0v) is 13.7. The highest BCUT2D eigenvalue weighted by atomic mass is 79.9. The van der Waals surface area contributed by atoms with E-state index in [0.29, 0.717) is 5.41 Å². The van der Waals surface area contributed by atoms with Gasteiger partial charge in [-0.15, -0.1) is 0 Å². The van der Waals surface area contributed by atoms with Crippen LogP contribution in [-0.2, 0) is 5.41 Å². The van der Waals surface area contributed by atoms with Crippen molar-refractivity contribution >= 4 is 26.7 Å². The molecule has 4 bridgehead atoms. The molecule has 0 aliphatic heterocycles. The Bertz CT molecular complexity index is 776. The van der Waals surface area contributed by atoms with Gasteiger partial charge in [-0.25, -0.2) is 0 Å². The van der Waals surface area contributed by atoms with E-state index in [1.165, 1.54) is 42.0 Å². The Labute approximate surface area is 134 Å². The number of hydrogen-bond acceptors (Lipinski definition) is 0. The first kappa shape index (κ1) is 11.7. The summed E-state index contributed by atoms with van der Waals surface area (Å²) in [7, 11) is 0. The second kappa shape index (κ2) is 3.56. The van der Waals surface area contributed by atoms with Gasteiger partial charge in [-0.05, 0) is 83.7 Å². The van der Waals surface area contributed by atoms with E-state index in [2.05, 4.69) is 46.3 Å². The molecule has 0 aromatic heterocycles. The van der Waals surface area contributed by atoms with Gasteiger partial charge in [0.25, 0.3) is 0 Å². The van der Waals surface area contributed by atoms with Crippen molar-refractivity contribution in [2.45, 2.75) is 43.4 Å². The van der Waals surface area contributed by atoms with Crippen LogP contribution in [0.5, 0.6) is 0 Å². The lowest BCUT2D eigenvalue weighted by Gasteiger charge is -2.59. The summed E-state index contributed by atoms with van der Waals surface area (Å²) >= 11 is 3.78. The van der Waals surface area contributed by atoms with Crippen LogP contribution in [0.15, 0.2) is 34.8 Å². The third kappa shape index (κ3) is 1.22. The molecule has 7 rings (SSSR count). The second-order valence-corrected chi connectivity index (χ2v) is 8.96. The number of hydrogen-bond donors (Lipinski definition) is 0. The van der Waals surface area contributed by atoms with Gasteiger partial charge in [0.1, 0.15) is 0 Å². The van der Waals surface area contributed by atoms with Crippen LogP contribution in [0, 0.1) is 17.8 Å². The van der Waals surface area contributed by atoms with Crippen molar-refractivity contribution in [2.75, 3.05) is 0 Å². The van der Waals surface area contributed by atoms with Gasteiger partial charge in [0.2, 0.25) is 0 Å². The minimum absolute atomic E-state index is 0.511. The first-order chi connectivity index (χ1) is 10.3. The molecule has 4 fully saturated rings. The monoisotopic (exact) mass is 338 g/mol. The molecule has 0 saturated heterocycles. The lowest BCUT2D eigenvalue weighted by molar-refractivity contribution is -0.0229. The third-order valence-corrected chi connectivity index (χ3v) is 7.89. The molecule has 0 nitrogen and oxygen atoms in total. The fourth-order valence-corrected chi connectivity index (χ4v) is 7.52. The van der Waals surface area contributed by atoms with Crippen molar-refractivity contribution in [3.63, 3.8) is 0 Å². The van der Waals surface area contributed by atoms with E-state index in [4.69, 9.17) is 0 Å². The maximum Gasteiger partial charge on any atom is 0.0254 e. The molecule has 4 saturated carbocycles. The van der Waals surface area contributed by atoms with Gasteiger partial charge in [-0.3, -0.25) is 0 Å². The van der Waals surface area contributed by atoms with Gasteiger partial charge in [0, 0.05) is 9.89 Å². The summed E-state index contributed by atoms with van der Waals surface area (Å²) in [6, 6.07) is 11.8. The van der Waals surface area contributed by atoms with Crippen LogP contribution in [0.25, 0.3) is 10.8 Å². The highest BCUT2D eigenvalue weighted by molar-refractivity contribution is 9.10. The van der Waals surface area contributed by atoms with Crippen molar-refractivity contribution in [3.05, 3.63) is 45.9 Å². The molecule has 5 aliphatic carbocycles. The fraction of sp³-hybridized carbons (Fsp3) is 0.500. The van der Waals surface area contributed by atoms with Crippen molar-refractivity contribution in [3.8, 4) is 0 Å². The van der Waals surface area contributed by atoms with Gasteiger partial charge in [-0.1, -0.05) is 40.2 Å². The predicted molar refractivity (Wildman–Crippen MR) is 89.6 cm³/mol. The minimum atomic E-state index is 0.511. The lowest BCUT2D eigenvalue weighted by atomic mass is 9.44. The van der Waals surface area contributed by atoms with E-state index in [1.54, 1.807) is 16.5 Å². The Hall–Kier alpha value is -0.820. The smallest absolute Gasteiger partial charge is 0.0254 e. The highest BCUT2D eigenvalue weighted by Gasteiger charge is 2.61. The van der Waals surface area contributed by atoms with Crippen LogP contribution >= 0.6 is 15.9 Å². The summed E-state index contributed by atoms with van der Waals surface area (Å²) in [6.07, 6.45) is 7.48. The third-order valence-electron chi connectivity index (χ3n) is 7.20. The molecule has 0 heterocycles. The molecule has 2 aromatic rings. The maximum absolute atomic E-state index is 3.78. The average molecular weight is 339 g/mol. The molecular weight excluding hydrogens is 320 g/mol. The zero-order chi connectivity index (χ0) is 13.8. The number of halogens is 1. The van der Waals surface area contributed by atoms with Crippen LogP contribution in [0.3, 0.4) is 0 Å². The van der Waals surface area contributed by atoms with E-state index in [0.717, 1.165) is 23.7 Å². The summed E-state index contributed by atoms with van der Waals surface area (Å²) in [5, 5.41) is 3.07. The van der Waals surface area contributed by atoms with Crippen molar-refractivity contribution < 1.29 is 0 Å². The zero-order valence-electron chi connectivity index (χ0n) is 12.1. The van der Waals surface area contributed by atoms with Crippen LogP contribution in [0.1, 0.15) is 49.1 Å². The van der Waals surface area contributed by atoms with Gasteiger partial charge >= 0.3 is 0 Å². The van der Waals surface area contributed by atoms with Crippen LogP contribution in [-0.4, -0.2) is 0 Å². The largest absolute Gasteiger partial charge is 0.0613 e. The molecule has 1 heteroatoms. The highest BCUT2D eigenvalue weighted by Crippen LogP contribution is 2.70. The summed E-state index contributed by atoms with van der Waals surface area (Å²) in [4.78, 5) is 0. The van der Waals surface area contributed by atoms with Crippen LogP contribution in [0.4, 0.5) is 0 Å². The predicted octanol–water partition coefficient (Wildman–Crippen LogP) is 5.78. The average Bonchev–Trinajstić information content (AvgIpc) is 2.73. The van der Waals surface area contributed by atoms with E-state index >= 15 is 0 Å². The topological polar surface area (TPSA) is 0 Å². The Balaban J connectivity index is 1.74. The molecule has 2 aromatic carbocycles. The van der Waals surface area contributed by atoms with Crippen molar-refractivity contribution in [2.24, 2.45) is 17.8 Å². The summed E-state index contributed by atoms with van der Waals surface area (Å²) in [5.74, 6) is 3.84. The molecule has 0 radical (unpaired) electrons. The first-order valence-corrected chi connectivity index (χ1v) is 9.27. The maximum atomic E-state index is 3.78.